The summed E-state index contributed by atoms with van der Waals surface area (Å²) in [5.41, 5.74) is 1.06. The summed E-state index contributed by atoms with van der Waals surface area (Å²) in [6.45, 7) is 2.04. The lowest BCUT2D eigenvalue weighted by molar-refractivity contribution is 0.0939. The first-order valence-corrected chi connectivity index (χ1v) is 7.96. The minimum Gasteiger partial charge on any atom is -0.345 e. The Morgan fingerprint density at radius 3 is 2.58 bits per heavy atom. The molecule has 2 aromatic rings. The summed E-state index contributed by atoms with van der Waals surface area (Å²) >= 11 is 10.7. The van der Waals surface area contributed by atoms with Gasteiger partial charge in [-0.1, -0.05) is 30.7 Å². The lowest BCUT2D eigenvalue weighted by atomic mass is 10.0. The van der Waals surface area contributed by atoms with Crippen molar-refractivity contribution in [1.29, 1.82) is 0 Å². The molecule has 1 heterocycles. The van der Waals surface area contributed by atoms with Gasteiger partial charge < -0.3 is 5.32 Å². The van der Waals surface area contributed by atoms with Crippen LogP contribution in [0.4, 0.5) is 0 Å². The Labute approximate surface area is 129 Å². The van der Waals surface area contributed by atoms with E-state index in [1.807, 2.05) is 42.6 Å². The standard InChI is InChI=1S/C14H13BrClNOS/c1-2-12(9-3-5-10(16)6-4-9)17-14(18)13-11(15)7-8-19-13/h3-8,12H,2H2,1H3,(H,17,18). The Hall–Kier alpha value is -0.840. The van der Waals surface area contributed by atoms with Gasteiger partial charge in [0.1, 0.15) is 4.88 Å². The Morgan fingerprint density at radius 2 is 2.05 bits per heavy atom. The van der Waals surface area contributed by atoms with Crippen LogP contribution in [0.25, 0.3) is 0 Å². The third-order valence-corrected chi connectivity index (χ3v) is 4.90. The van der Waals surface area contributed by atoms with E-state index < -0.39 is 0 Å². The second kappa shape index (κ2) is 6.55. The summed E-state index contributed by atoms with van der Waals surface area (Å²) in [6, 6.07) is 9.45. The van der Waals surface area contributed by atoms with Gasteiger partial charge in [0.05, 0.1) is 6.04 Å². The van der Waals surface area contributed by atoms with Gasteiger partial charge in [0.2, 0.25) is 0 Å². The largest absolute Gasteiger partial charge is 0.345 e. The molecule has 0 saturated carbocycles. The lowest BCUT2D eigenvalue weighted by Crippen LogP contribution is -2.27. The van der Waals surface area contributed by atoms with E-state index in [0.717, 1.165) is 16.5 Å². The van der Waals surface area contributed by atoms with Crippen LogP contribution in [0.3, 0.4) is 0 Å². The minimum absolute atomic E-state index is 0.00114. The van der Waals surface area contributed by atoms with Gasteiger partial charge in [0.15, 0.2) is 0 Å². The minimum atomic E-state index is -0.0522. The van der Waals surface area contributed by atoms with Crippen molar-refractivity contribution in [1.82, 2.24) is 5.32 Å². The van der Waals surface area contributed by atoms with Crippen LogP contribution in [-0.4, -0.2) is 5.91 Å². The number of rotatable bonds is 4. The summed E-state index contributed by atoms with van der Waals surface area (Å²) < 4.78 is 0.834. The zero-order valence-electron chi connectivity index (χ0n) is 10.3. The van der Waals surface area contributed by atoms with Crippen LogP contribution in [0.5, 0.6) is 0 Å². The number of hydrogen-bond acceptors (Lipinski definition) is 2. The summed E-state index contributed by atoms with van der Waals surface area (Å²) in [5.74, 6) is -0.0522. The highest BCUT2D eigenvalue weighted by atomic mass is 79.9. The molecule has 1 unspecified atom stereocenters. The molecule has 0 aliphatic heterocycles. The number of amides is 1. The van der Waals surface area contributed by atoms with Crippen LogP contribution in [-0.2, 0) is 0 Å². The van der Waals surface area contributed by atoms with Crippen LogP contribution in [0.1, 0.15) is 34.6 Å². The van der Waals surface area contributed by atoms with Crippen molar-refractivity contribution in [2.24, 2.45) is 0 Å². The molecular formula is C14H13BrClNOS. The summed E-state index contributed by atoms with van der Waals surface area (Å²) in [4.78, 5) is 12.9. The first-order chi connectivity index (χ1) is 9.11. The van der Waals surface area contributed by atoms with Crippen molar-refractivity contribution in [2.45, 2.75) is 19.4 Å². The van der Waals surface area contributed by atoms with E-state index in [-0.39, 0.29) is 11.9 Å². The molecule has 0 aliphatic carbocycles. The molecule has 0 spiro atoms. The van der Waals surface area contributed by atoms with Gasteiger partial charge in [-0.15, -0.1) is 11.3 Å². The Bertz CT molecular complexity index is 567. The van der Waals surface area contributed by atoms with Crippen LogP contribution >= 0.6 is 38.9 Å². The number of thiophene rings is 1. The molecule has 2 rings (SSSR count). The fraction of sp³-hybridized carbons (Fsp3) is 0.214. The Morgan fingerprint density at radius 1 is 1.37 bits per heavy atom. The van der Waals surface area contributed by atoms with Crippen molar-refractivity contribution in [3.8, 4) is 0 Å². The van der Waals surface area contributed by atoms with E-state index in [9.17, 15) is 4.79 Å². The molecule has 100 valence electrons. The lowest BCUT2D eigenvalue weighted by Gasteiger charge is -2.17. The van der Waals surface area contributed by atoms with Crippen molar-refractivity contribution in [3.63, 3.8) is 0 Å². The van der Waals surface area contributed by atoms with E-state index in [0.29, 0.717) is 9.90 Å². The summed E-state index contributed by atoms with van der Waals surface area (Å²) in [7, 11) is 0. The number of carbonyl (C=O) groups is 1. The van der Waals surface area contributed by atoms with Gasteiger partial charge >= 0.3 is 0 Å². The van der Waals surface area contributed by atoms with Crippen LogP contribution < -0.4 is 5.32 Å². The van der Waals surface area contributed by atoms with Crippen molar-refractivity contribution < 1.29 is 4.79 Å². The van der Waals surface area contributed by atoms with E-state index >= 15 is 0 Å². The van der Waals surface area contributed by atoms with Gasteiger partial charge in [0, 0.05) is 9.50 Å². The van der Waals surface area contributed by atoms with Crippen LogP contribution in [0.2, 0.25) is 5.02 Å². The maximum absolute atomic E-state index is 12.2. The molecule has 0 saturated heterocycles. The first kappa shape index (κ1) is 14.6. The Balaban J connectivity index is 2.13. The quantitative estimate of drug-likeness (QED) is 0.814. The van der Waals surface area contributed by atoms with E-state index in [4.69, 9.17) is 11.6 Å². The van der Waals surface area contributed by atoms with E-state index in [2.05, 4.69) is 21.2 Å². The summed E-state index contributed by atoms with van der Waals surface area (Å²) in [5, 5.41) is 5.64. The number of hydrogen-bond donors (Lipinski definition) is 1. The van der Waals surface area contributed by atoms with Gasteiger partial charge in [0.25, 0.3) is 5.91 Å². The zero-order chi connectivity index (χ0) is 13.8. The highest BCUT2D eigenvalue weighted by Crippen LogP contribution is 2.25. The van der Waals surface area contributed by atoms with Gasteiger partial charge in [-0.3, -0.25) is 4.79 Å². The third kappa shape index (κ3) is 3.59. The van der Waals surface area contributed by atoms with Crippen molar-refractivity contribution >= 4 is 44.8 Å². The van der Waals surface area contributed by atoms with Crippen molar-refractivity contribution in [2.75, 3.05) is 0 Å². The predicted octanol–water partition coefficient (Wildman–Crippen LogP) is 5.05. The second-order valence-electron chi connectivity index (χ2n) is 4.08. The number of nitrogens with one attached hydrogen (secondary N) is 1. The van der Waals surface area contributed by atoms with Crippen molar-refractivity contribution in [3.05, 3.63) is 55.6 Å². The van der Waals surface area contributed by atoms with Gasteiger partial charge in [-0.25, -0.2) is 0 Å². The topological polar surface area (TPSA) is 29.1 Å². The highest BCUT2D eigenvalue weighted by Gasteiger charge is 2.16. The SMILES string of the molecule is CCC(NC(=O)c1sccc1Br)c1ccc(Cl)cc1. The molecule has 0 fully saturated rings. The molecule has 1 N–H and O–H groups in total. The molecule has 19 heavy (non-hydrogen) atoms. The number of carbonyl (C=O) groups excluding carboxylic acids is 1. The maximum Gasteiger partial charge on any atom is 0.262 e. The molecule has 5 heteroatoms. The smallest absolute Gasteiger partial charge is 0.262 e. The second-order valence-corrected chi connectivity index (χ2v) is 6.29. The molecule has 0 aliphatic rings. The molecule has 1 aromatic heterocycles. The average Bonchev–Trinajstić information content (AvgIpc) is 2.83. The highest BCUT2D eigenvalue weighted by molar-refractivity contribution is 9.10. The fourth-order valence-electron chi connectivity index (χ4n) is 1.80. The third-order valence-electron chi connectivity index (χ3n) is 2.81. The van der Waals surface area contributed by atoms with Crippen LogP contribution in [0, 0.1) is 0 Å². The molecule has 1 atom stereocenters. The monoisotopic (exact) mass is 357 g/mol. The molecule has 0 bridgehead atoms. The Kier molecular flexibility index (Phi) is 5.02. The molecular weight excluding hydrogens is 346 g/mol. The predicted molar refractivity (Wildman–Crippen MR) is 84.0 cm³/mol. The summed E-state index contributed by atoms with van der Waals surface area (Å²) in [6.07, 6.45) is 0.830. The van der Waals surface area contributed by atoms with E-state index in [1.54, 1.807) is 0 Å². The molecule has 1 amide bonds. The zero-order valence-corrected chi connectivity index (χ0v) is 13.5. The van der Waals surface area contributed by atoms with Gasteiger partial charge in [-0.2, -0.15) is 0 Å². The number of benzene rings is 1. The average molecular weight is 359 g/mol. The number of halogens is 2. The maximum atomic E-state index is 12.2. The van der Waals surface area contributed by atoms with Gasteiger partial charge in [-0.05, 0) is 51.5 Å². The first-order valence-electron chi connectivity index (χ1n) is 5.91. The van der Waals surface area contributed by atoms with Crippen LogP contribution in [0.15, 0.2) is 40.2 Å². The molecule has 1 aromatic carbocycles. The fourth-order valence-corrected chi connectivity index (χ4v) is 3.38. The molecule has 0 radical (unpaired) electrons. The van der Waals surface area contributed by atoms with E-state index in [1.165, 1.54) is 11.3 Å². The molecule has 2 nitrogen and oxygen atoms in total. The normalized spacial score (nSPS) is 12.2.